The van der Waals surface area contributed by atoms with Crippen LogP contribution in [0.1, 0.15) is 41.9 Å². The van der Waals surface area contributed by atoms with Crippen LogP contribution in [0.2, 0.25) is 0 Å². The molecule has 0 bridgehead atoms. The number of hydrogen-bond acceptors (Lipinski definition) is 4. The molecule has 0 unspecified atom stereocenters. The van der Waals surface area contributed by atoms with E-state index in [1.807, 2.05) is 17.0 Å². The Balaban J connectivity index is 1.32. The number of anilines is 1. The van der Waals surface area contributed by atoms with E-state index in [9.17, 15) is 13.6 Å². The van der Waals surface area contributed by atoms with Crippen molar-refractivity contribution in [1.82, 2.24) is 0 Å². The fraction of sp³-hybridized carbons (Fsp3) is 0.458. The molecule has 0 saturated heterocycles. The number of halogens is 2. The van der Waals surface area contributed by atoms with Crippen LogP contribution in [-0.2, 0) is 22.5 Å². The lowest BCUT2D eigenvalue weighted by atomic mass is 9.92. The first-order valence-electron chi connectivity index (χ1n) is 10.7. The van der Waals surface area contributed by atoms with Crippen LogP contribution in [-0.4, -0.2) is 36.9 Å². The summed E-state index contributed by atoms with van der Waals surface area (Å²) in [5.41, 5.74) is 3.47. The molecule has 2 saturated carbocycles. The quantitative estimate of drug-likeness (QED) is 0.743. The third-order valence-corrected chi connectivity index (χ3v) is 6.79. The van der Waals surface area contributed by atoms with Gasteiger partial charge in [-0.25, -0.2) is 8.78 Å². The van der Waals surface area contributed by atoms with E-state index >= 15 is 0 Å². The topological polar surface area (TPSA) is 59.0 Å². The first kappa shape index (κ1) is 20.2. The Bertz CT molecular complexity index is 1020. The summed E-state index contributed by atoms with van der Waals surface area (Å²) in [6.07, 6.45) is 2.99. The molecule has 0 radical (unpaired) electrons. The van der Waals surface area contributed by atoms with E-state index in [0.29, 0.717) is 31.7 Å². The summed E-state index contributed by atoms with van der Waals surface area (Å²) in [7, 11) is 1.66. The van der Waals surface area contributed by atoms with E-state index in [0.717, 1.165) is 35.6 Å². The maximum Gasteiger partial charge on any atom is 0.307 e. The van der Waals surface area contributed by atoms with E-state index in [2.05, 4.69) is 6.07 Å². The van der Waals surface area contributed by atoms with Crippen LogP contribution in [0.15, 0.2) is 30.3 Å². The van der Waals surface area contributed by atoms with Gasteiger partial charge in [-0.15, -0.1) is 0 Å². The van der Waals surface area contributed by atoms with Gasteiger partial charge in [-0.05, 0) is 35.4 Å². The Hall–Kier alpha value is -2.67. The second kappa shape index (κ2) is 7.79. The number of carbonyl (C=O) groups is 1. The molecule has 1 heterocycles. The number of methoxy groups -OCH3 is 1. The summed E-state index contributed by atoms with van der Waals surface area (Å²) < 4.78 is 40.0. The number of aliphatic carboxylic acids is 1. The first-order chi connectivity index (χ1) is 14.9. The average Bonchev–Trinajstić information content (AvgIpc) is 3.53. The zero-order chi connectivity index (χ0) is 21.7. The van der Waals surface area contributed by atoms with E-state index in [1.54, 1.807) is 13.2 Å². The van der Waals surface area contributed by atoms with Crippen molar-refractivity contribution in [2.75, 3.05) is 18.6 Å². The Morgan fingerprint density at radius 3 is 2.61 bits per heavy atom. The third kappa shape index (κ3) is 3.87. The van der Waals surface area contributed by atoms with Gasteiger partial charge in [0.2, 0.25) is 0 Å². The van der Waals surface area contributed by atoms with Crippen LogP contribution in [0.25, 0.3) is 0 Å². The SMILES string of the molecule is COC1CC(Oc2cc(F)c(F)c(N3CCc4cc([C@H]5C[C@@H]5C(=O)O)ccc4C3)c2)C1. The summed E-state index contributed by atoms with van der Waals surface area (Å²) in [6, 6.07) is 8.73. The summed E-state index contributed by atoms with van der Waals surface area (Å²) in [4.78, 5) is 13.0. The van der Waals surface area contributed by atoms with Crippen molar-refractivity contribution in [2.45, 2.75) is 50.4 Å². The van der Waals surface area contributed by atoms with Crippen LogP contribution in [0.5, 0.6) is 5.75 Å². The van der Waals surface area contributed by atoms with Gasteiger partial charge in [0.05, 0.1) is 17.7 Å². The smallest absolute Gasteiger partial charge is 0.307 e. The molecule has 2 aromatic rings. The summed E-state index contributed by atoms with van der Waals surface area (Å²) in [5.74, 6) is -2.38. The highest BCUT2D eigenvalue weighted by Gasteiger charge is 2.44. The predicted molar refractivity (Wildman–Crippen MR) is 110 cm³/mol. The molecule has 5 nitrogen and oxygen atoms in total. The molecule has 0 aromatic heterocycles. The lowest BCUT2D eigenvalue weighted by Crippen LogP contribution is -2.39. The normalized spacial score (nSPS) is 26.7. The number of rotatable bonds is 6. The Kier molecular flexibility index (Phi) is 5.08. The zero-order valence-electron chi connectivity index (χ0n) is 17.3. The predicted octanol–water partition coefficient (Wildman–Crippen LogP) is 4.27. The minimum atomic E-state index is -0.912. The molecule has 164 valence electrons. The van der Waals surface area contributed by atoms with E-state index in [4.69, 9.17) is 14.6 Å². The number of hydrogen-bond donors (Lipinski definition) is 1. The Morgan fingerprint density at radius 2 is 1.90 bits per heavy atom. The molecule has 3 aliphatic rings. The highest BCUT2D eigenvalue weighted by Crippen LogP contribution is 2.48. The van der Waals surface area contributed by atoms with Crippen LogP contribution >= 0.6 is 0 Å². The third-order valence-electron chi connectivity index (χ3n) is 6.79. The van der Waals surface area contributed by atoms with Gasteiger partial charge in [-0.2, -0.15) is 0 Å². The van der Waals surface area contributed by atoms with Crippen LogP contribution in [0, 0.1) is 17.6 Å². The van der Waals surface area contributed by atoms with Crippen molar-refractivity contribution in [3.63, 3.8) is 0 Å². The van der Waals surface area contributed by atoms with Crippen molar-refractivity contribution in [3.8, 4) is 5.75 Å². The second-order valence-electron chi connectivity index (χ2n) is 8.79. The Labute approximate surface area is 179 Å². The van der Waals surface area contributed by atoms with Crippen molar-refractivity contribution < 1.29 is 28.2 Å². The summed E-state index contributed by atoms with van der Waals surface area (Å²) >= 11 is 0. The van der Waals surface area contributed by atoms with Crippen molar-refractivity contribution in [2.24, 2.45) is 5.92 Å². The highest BCUT2D eigenvalue weighted by atomic mass is 19.2. The number of carboxylic acids is 1. The monoisotopic (exact) mass is 429 g/mol. The van der Waals surface area contributed by atoms with Gasteiger partial charge >= 0.3 is 5.97 Å². The van der Waals surface area contributed by atoms with E-state index < -0.39 is 17.6 Å². The molecular weight excluding hydrogens is 404 g/mol. The standard InChI is InChI=1S/C24H25F2NO4/c1-30-16-7-17(8-16)31-18-9-21(25)23(26)22(10-18)27-5-4-13-6-14(2-3-15(13)12-27)19-11-20(19)24(28)29/h2-3,6,9-10,16-17,19-20H,4-5,7-8,11-12H2,1H3,(H,28,29)/t16?,17?,19-,20+/m1/s1. The van der Waals surface area contributed by atoms with Gasteiger partial charge < -0.3 is 19.5 Å². The van der Waals surface area contributed by atoms with Crippen LogP contribution in [0.4, 0.5) is 14.5 Å². The van der Waals surface area contributed by atoms with Gasteiger partial charge in [-0.3, -0.25) is 4.79 Å². The largest absolute Gasteiger partial charge is 0.490 e. The number of benzene rings is 2. The number of carboxylic acid groups (broad SMARTS) is 1. The molecule has 0 amide bonds. The lowest BCUT2D eigenvalue weighted by Gasteiger charge is -2.35. The zero-order valence-corrected chi connectivity index (χ0v) is 17.3. The minimum absolute atomic E-state index is 0.0415. The van der Waals surface area contributed by atoms with Gasteiger partial charge in [-0.1, -0.05) is 18.2 Å². The fourth-order valence-corrected chi connectivity index (χ4v) is 4.69. The maximum absolute atomic E-state index is 14.6. The van der Waals surface area contributed by atoms with Gasteiger partial charge in [0.1, 0.15) is 11.9 Å². The highest BCUT2D eigenvalue weighted by molar-refractivity contribution is 5.75. The van der Waals surface area contributed by atoms with E-state index in [-0.39, 0.29) is 29.7 Å². The molecule has 7 heteroatoms. The average molecular weight is 429 g/mol. The van der Waals surface area contributed by atoms with Crippen molar-refractivity contribution >= 4 is 11.7 Å². The van der Waals surface area contributed by atoms with Crippen molar-refractivity contribution in [1.29, 1.82) is 0 Å². The first-order valence-corrected chi connectivity index (χ1v) is 10.7. The molecule has 0 spiro atoms. The summed E-state index contributed by atoms with van der Waals surface area (Å²) in [6.45, 7) is 1.02. The van der Waals surface area contributed by atoms with Crippen molar-refractivity contribution in [3.05, 3.63) is 58.7 Å². The Morgan fingerprint density at radius 1 is 1.10 bits per heavy atom. The van der Waals surface area contributed by atoms with E-state index in [1.165, 1.54) is 0 Å². The molecule has 1 N–H and O–H groups in total. The second-order valence-corrected chi connectivity index (χ2v) is 8.79. The number of nitrogens with zero attached hydrogens (tertiary/aromatic N) is 1. The minimum Gasteiger partial charge on any atom is -0.490 e. The molecule has 2 aliphatic carbocycles. The van der Waals surface area contributed by atoms with Gasteiger partial charge in [0.25, 0.3) is 0 Å². The number of ether oxygens (including phenoxy) is 2. The molecule has 31 heavy (non-hydrogen) atoms. The van der Waals surface area contributed by atoms with Crippen LogP contribution < -0.4 is 9.64 Å². The lowest BCUT2D eigenvalue weighted by molar-refractivity contribution is -0.138. The van der Waals surface area contributed by atoms with Gasteiger partial charge in [0, 0.05) is 45.2 Å². The molecule has 5 rings (SSSR count). The molecule has 2 fully saturated rings. The maximum atomic E-state index is 14.6. The summed E-state index contributed by atoms with van der Waals surface area (Å²) in [5, 5.41) is 9.17. The molecule has 2 aromatic carbocycles. The van der Waals surface area contributed by atoms with Crippen LogP contribution in [0.3, 0.4) is 0 Å². The van der Waals surface area contributed by atoms with Gasteiger partial charge in [0.15, 0.2) is 11.6 Å². The number of fused-ring (bicyclic) bond motifs is 1. The molecule has 1 aliphatic heterocycles. The molecule has 2 atom stereocenters. The molecular formula is C24H25F2NO4. The fourth-order valence-electron chi connectivity index (χ4n) is 4.69.